The number of likely N-dealkylation sites (tertiary alicyclic amines) is 1. The molecular weight excluding hydrogens is 322 g/mol. The quantitative estimate of drug-likeness (QED) is 0.803. The van der Waals surface area contributed by atoms with Crippen molar-refractivity contribution in [3.63, 3.8) is 0 Å². The number of piperidine rings is 1. The maximum absolute atomic E-state index is 12.5. The van der Waals surface area contributed by atoms with Crippen LogP contribution < -0.4 is 0 Å². The van der Waals surface area contributed by atoms with E-state index in [1.54, 1.807) is 11.3 Å². The number of rotatable bonds is 5. The second-order valence-corrected chi connectivity index (χ2v) is 7.99. The molecule has 2 aliphatic heterocycles. The van der Waals surface area contributed by atoms with Crippen LogP contribution in [0.15, 0.2) is 16.8 Å². The number of carbonyl (C=O) groups excluding carboxylic acids is 1. The summed E-state index contributed by atoms with van der Waals surface area (Å²) in [6, 6.07) is 2.04. The van der Waals surface area contributed by atoms with Gasteiger partial charge in [0.1, 0.15) is 0 Å². The minimum atomic E-state index is 0.203. The number of likely N-dealkylation sites (N-methyl/N-ethyl adjacent to an activating group) is 1. The van der Waals surface area contributed by atoms with Gasteiger partial charge in [0, 0.05) is 45.2 Å². The summed E-state index contributed by atoms with van der Waals surface area (Å²) >= 11 is 1.65. The highest BCUT2D eigenvalue weighted by Crippen LogP contribution is 2.24. The highest BCUT2D eigenvalue weighted by Gasteiger charge is 2.34. The van der Waals surface area contributed by atoms with E-state index in [1.807, 2.05) is 16.3 Å². The minimum absolute atomic E-state index is 0.203. The monoisotopic (exact) mass is 351 g/mol. The SMILES string of the molecule is CN(C)CCN1CCO[C@@H]2CN(C(=O)Cc3ccsc3)CC[C@@H]2C1. The number of amides is 1. The van der Waals surface area contributed by atoms with Crippen molar-refractivity contribution in [2.75, 3.05) is 60.0 Å². The molecule has 1 aromatic heterocycles. The van der Waals surface area contributed by atoms with E-state index >= 15 is 0 Å². The van der Waals surface area contributed by atoms with Gasteiger partial charge in [-0.05, 0) is 42.9 Å². The fraction of sp³-hybridized carbons (Fsp3) is 0.722. The van der Waals surface area contributed by atoms with Crippen LogP contribution in [0, 0.1) is 5.92 Å². The normalized spacial score (nSPS) is 25.5. The summed E-state index contributed by atoms with van der Waals surface area (Å²) in [5.41, 5.74) is 1.13. The van der Waals surface area contributed by atoms with E-state index in [-0.39, 0.29) is 12.0 Å². The van der Waals surface area contributed by atoms with E-state index in [4.69, 9.17) is 4.74 Å². The first-order valence-electron chi connectivity index (χ1n) is 8.89. The molecule has 0 bridgehead atoms. The van der Waals surface area contributed by atoms with Crippen molar-refractivity contribution in [3.05, 3.63) is 22.4 Å². The van der Waals surface area contributed by atoms with Crippen molar-refractivity contribution in [1.82, 2.24) is 14.7 Å². The summed E-state index contributed by atoms with van der Waals surface area (Å²) in [4.78, 5) is 19.3. The fourth-order valence-corrected chi connectivity index (χ4v) is 4.24. The number of hydrogen-bond acceptors (Lipinski definition) is 5. The second kappa shape index (κ2) is 8.43. The number of nitrogens with zero attached hydrogens (tertiary/aromatic N) is 3. The van der Waals surface area contributed by atoms with Crippen molar-refractivity contribution in [2.45, 2.75) is 18.9 Å². The molecule has 0 unspecified atom stereocenters. The molecule has 2 aliphatic rings. The van der Waals surface area contributed by atoms with Gasteiger partial charge in [-0.2, -0.15) is 11.3 Å². The van der Waals surface area contributed by atoms with Crippen molar-refractivity contribution in [2.24, 2.45) is 5.92 Å². The Bertz CT molecular complexity index is 520. The van der Waals surface area contributed by atoms with Crippen LogP contribution >= 0.6 is 11.3 Å². The smallest absolute Gasteiger partial charge is 0.227 e. The van der Waals surface area contributed by atoms with Gasteiger partial charge in [-0.1, -0.05) is 0 Å². The average molecular weight is 352 g/mol. The summed E-state index contributed by atoms with van der Waals surface area (Å²) in [5, 5.41) is 4.10. The zero-order valence-electron chi connectivity index (χ0n) is 14.8. The van der Waals surface area contributed by atoms with Crippen LogP contribution in [0.5, 0.6) is 0 Å². The number of hydrogen-bond donors (Lipinski definition) is 0. The van der Waals surface area contributed by atoms with Gasteiger partial charge >= 0.3 is 0 Å². The van der Waals surface area contributed by atoms with Crippen LogP contribution in [0.25, 0.3) is 0 Å². The van der Waals surface area contributed by atoms with Crippen LogP contribution in [0.2, 0.25) is 0 Å². The molecule has 6 heteroatoms. The largest absolute Gasteiger partial charge is 0.375 e. The standard InChI is InChI=1S/C18H29N3O2S/c1-19(2)6-7-20-8-9-23-17-13-21(5-3-16(17)12-20)18(22)11-15-4-10-24-14-15/h4,10,14,16-17H,3,5-9,11-13H2,1-2H3/t16-,17-/m1/s1. The molecule has 134 valence electrons. The van der Waals surface area contributed by atoms with E-state index in [9.17, 15) is 4.79 Å². The summed E-state index contributed by atoms with van der Waals surface area (Å²) in [5.74, 6) is 0.795. The Balaban J connectivity index is 1.51. The molecule has 24 heavy (non-hydrogen) atoms. The van der Waals surface area contributed by atoms with E-state index in [1.165, 1.54) is 0 Å². The van der Waals surface area contributed by atoms with Gasteiger partial charge in [-0.25, -0.2) is 0 Å². The lowest BCUT2D eigenvalue weighted by molar-refractivity contribution is -0.136. The summed E-state index contributed by atoms with van der Waals surface area (Å²) < 4.78 is 6.11. The molecule has 3 heterocycles. The number of carbonyl (C=O) groups is 1. The Morgan fingerprint density at radius 1 is 1.38 bits per heavy atom. The number of ether oxygens (including phenoxy) is 1. The predicted octanol–water partition coefficient (Wildman–Crippen LogP) is 1.40. The lowest BCUT2D eigenvalue weighted by atomic mass is 9.93. The van der Waals surface area contributed by atoms with Crippen LogP contribution in [-0.2, 0) is 16.0 Å². The van der Waals surface area contributed by atoms with Crippen molar-refractivity contribution >= 4 is 17.2 Å². The molecule has 5 nitrogen and oxygen atoms in total. The topological polar surface area (TPSA) is 36.0 Å². The Hall–Kier alpha value is -0.950. The minimum Gasteiger partial charge on any atom is -0.375 e. The molecule has 3 rings (SSSR count). The highest BCUT2D eigenvalue weighted by atomic mass is 32.1. The van der Waals surface area contributed by atoms with Gasteiger partial charge in [-0.3, -0.25) is 9.69 Å². The van der Waals surface area contributed by atoms with Crippen molar-refractivity contribution in [1.29, 1.82) is 0 Å². The lowest BCUT2D eigenvalue weighted by Gasteiger charge is -2.38. The Morgan fingerprint density at radius 2 is 2.25 bits per heavy atom. The molecule has 0 spiro atoms. The molecule has 0 aromatic carbocycles. The Morgan fingerprint density at radius 3 is 3.00 bits per heavy atom. The zero-order valence-corrected chi connectivity index (χ0v) is 15.6. The highest BCUT2D eigenvalue weighted by molar-refractivity contribution is 7.07. The van der Waals surface area contributed by atoms with Crippen LogP contribution in [0.1, 0.15) is 12.0 Å². The van der Waals surface area contributed by atoms with Gasteiger partial charge in [0.05, 0.1) is 19.1 Å². The lowest BCUT2D eigenvalue weighted by Crippen LogP contribution is -2.49. The predicted molar refractivity (Wildman–Crippen MR) is 97.4 cm³/mol. The van der Waals surface area contributed by atoms with Crippen LogP contribution in [-0.4, -0.2) is 86.7 Å². The van der Waals surface area contributed by atoms with E-state index in [0.29, 0.717) is 12.3 Å². The third kappa shape index (κ3) is 4.79. The van der Waals surface area contributed by atoms with Gasteiger partial charge in [0.25, 0.3) is 0 Å². The zero-order chi connectivity index (χ0) is 16.9. The molecule has 2 atom stereocenters. The maximum atomic E-state index is 12.5. The molecule has 0 radical (unpaired) electrons. The molecule has 1 aromatic rings. The first-order valence-corrected chi connectivity index (χ1v) is 9.83. The summed E-state index contributed by atoms with van der Waals surface area (Å²) in [6.07, 6.45) is 1.78. The molecule has 0 N–H and O–H groups in total. The Kier molecular flexibility index (Phi) is 6.27. The summed E-state index contributed by atoms with van der Waals surface area (Å²) in [6.45, 7) is 6.70. The molecule has 2 saturated heterocycles. The van der Waals surface area contributed by atoms with E-state index < -0.39 is 0 Å². The maximum Gasteiger partial charge on any atom is 0.227 e. The molecule has 0 saturated carbocycles. The average Bonchev–Trinajstić information content (AvgIpc) is 2.97. The van der Waals surface area contributed by atoms with Crippen molar-refractivity contribution < 1.29 is 9.53 Å². The van der Waals surface area contributed by atoms with Crippen LogP contribution in [0.3, 0.4) is 0 Å². The van der Waals surface area contributed by atoms with Gasteiger partial charge in [-0.15, -0.1) is 0 Å². The van der Waals surface area contributed by atoms with Crippen molar-refractivity contribution in [3.8, 4) is 0 Å². The van der Waals surface area contributed by atoms with E-state index in [2.05, 4.69) is 29.3 Å². The molecule has 2 fully saturated rings. The number of fused-ring (bicyclic) bond motifs is 1. The third-order valence-electron chi connectivity index (χ3n) is 5.08. The summed E-state index contributed by atoms with van der Waals surface area (Å²) in [7, 11) is 4.24. The molecule has 0 aliphatic carbocycles. The first-order chi connectivity index (χ1) is 11.6. The number of thiophene rings is 1. The first kappa shape index (κ1) is 17.9. The fourth-order valence-electron chi connectivity index (χ4n) is 3.57. The second-order valence-electron chi connectivity index (χ2n) is 7.21. The third-order valence-corrected chi connectivity index (χ3v) is 5.81. The molecular formula is C18H29N3O2S. The van der Waals surface area contributed by atoms with Crippen LogP contribution in [0.4, 0.5) is 0 Å². The van der Waals surface area contributed by atoms with Gasteiger partial charge in [0.2, 0.25) is 5.91 Å². The Labute approximate surface area is 149 Å². The van der Waals surface area contributed by atoms with Gasteiger partial charge in [0.15, 0.2) is 0 Å². The van der Waals surface area contributed by atoms with E-state index in [0.717, 1.165) is 57.9 Å². The van der Waals surface area contributed by atoms with Gasteiger partial charge < -0.3 is 14.5 Å². The molecule has 1 amide bonds.